The van der Waals surface area contributed by atoms with Gasteiger partial charge in [0.1, 0.15) is 0 Å². The second-order valence-corrected chi connectivity index (χ2v) is 6.00. The summed E-state index contributed by atoms with van der Waals surface area (Å²) in [5, 5.41) is 8.29. The van der Waals surface area contributed by atoms with Gasteiger partial charge in [0.15, 0.2) is 5.65 Å². The number of carbonyl (C=O) groups excluding carboxylic acids is 1. The molecule has 2 heterocycles. The lowest BCUT2D eigenvalue weighted by atomic mass is 10.1. The van der Waals surface area contributed by atoms with Gasteiger partial charge in [-0.15, -0.1) is 0 Å². The molecule has 6 nitrogen and oxygen atoms in total. The van der Waals surface area contributed by atoms with Crippen LogP contribution in [0.15, 0.2) is 6.07 Å². The predicted molar refractivity (Wildman–Crippen MR) is 92.7 cm³/mol. The maximum atomic E-state index is 12.7. The summed E-state index contributed by atoms with van der Waals surface area (Å²) in [6, 6.07) is 2.15. The number of rotatable bonds is 6. The van der Waals surface area contributed by atoms with E-state index in [0.29, 0.717) is 18.2 Å². The Morgan fingerprint density at radius 1 is 1.35 bits per heavy atom. The predicted octanol–water partition coefficient (Wildman–Crippen LogP) is 2.05. The van der Waals surface area contributed by atoms with Gasteiger partial charge in [-0.05, 0) is 39.9 Å². The van der Waals surface area contributed by atoms with Crippen molar-refractivity contribution >= 4 is 16.9 Å². The van der Waals surface area contributed by atoms with Gasteiger partial charge < -0.3 is 5.32 Å². The molecule has 0 bridgehead atoms. The quantitative estimate of drug-likeness (QED) is 0.885. The van der Waals surface area contributed by atoms with Gasteiger partial charge in [-0.3, -0.25) is 14.4 Å². The average molecular weight is 317 g/mol. The van der Waals surface area contributed by atoms with Crippen LogP contribution in [0.1, 0.15) is 42.5 Å². The largest absolute Gasteiger partial charge is 0.350 e. The van der Waals surface area contributed by atoms with Gasteiger partial charge in [0.2, 0.25) is 0 Å². The summed E-state index contributed by atoms with van der Waals surface area (Å²) in [7, 11) is 1.85. The highest BCUT2D eigenvalue weighted by atomic mass is 16.1. The first kappa shape index (κ1) is 17.4. The average Bonchev–Trinajstić information content (AvgIpc) is 2.79. The van der Waals surface area contributed by atoms with Crippen LogP contribution in [-0.4, -0.2) is 51.2 Å². The molecule has 0 unspecified atom stereocenters. The zero-order valence-corrected chi connectivity index (χ0v) is 15.0. The zero-order chi connectivity index (χ0) is 17.1. The van der Waals surface area contributed by atoms with Crippen LogP contribution >= 0.6 is 0 Å². The van der Waals surface area contributed by atoms with Crippen molar-refractivity contribution in [3.8, 4) is 0 Å². The molecule has 2 aromatic heterocycles. The lowest BCUT2D eigenvalue weighted by molar-refractivity contribution is 0.0939. The van der Waals surface area contributed by atoms with Gasteiger partial charge >= 0.3 is 0 Å². The van der Waals surface area contributed by atoms with Crippen molar-refractivity contribution in [2.75, 3.05) is 19.6 Å². The van der Waals surface area contributed by atoms with Crippen LogP contribution in [0.4, 0.5) is 0 Å². The van der Waals surface area contributed by atoms with Crippen molar-refractivity contribution in [2.24, 2.45) is 7.05 Å². The van der Waals surface area contributed by atoms with Crippen LogP contribution in [0.3, 0.4) is 0 Å². The third-order valence-electron chi connectivity index (χ3n) is 4.34. The fourth-order valence-corrected chi connectivity index (χ4v) is 3.06. The zero-order valence-electron chi connectivity index (χ0n) is 15.0. The summed E-state index contributed by atoms with van der Waals surface area (Å²) in [6.45, 7) is 12.8. The molecule has 1 atom stereocenters. The third-order valence-corrected chi connectivity index (χ3v) is 4.34. The summed E-state index contributed by atoms with van der Waals surface area (Å²) < 4.78 is 1.73. The fraction of sp³-hybridized carbons (Fsp3) is 0.588. The van der Waals surface area contributed by atoms with Crippen molar-refractivity contribution < 1.29 is 4.79 Å². The van der Waals surface area contributed by atoms with Crippen molar-refractivity contribution in [3.63, 3.8) is 0 Å². The number of likely N-dealkylation sites (N-methyl/N-ethyl adjacent to an activating group) is 1. The molecule has 1 amide bonds. The molecule has 0 saturated carbocycles. The van der Waals surface area contributed by atoms with E-state index in [4.69, 9.17) is 0 Å². The first-order chi connectivity index (χ1) is 10.9. The molecule has 2 aromatic rings. The number of pyridine rings is 1. The van der Waals surface area contributed by atoms with Crippen LogP contribution < -0.4 is 5.32 Å². The molecular formula is C17H27N5O. The lowest BCUT2D eigenvalue weighted by Gasteiger charge is -2.26. The van der Waals surface area contributed by atoms with E-state index in [2.05, 4.69) is 41.1 Å². The molecule has 0 spiro atoms. The SMILES string of the molecule is CCN(CC)[C@H](C)CNC(=O)c1cc(C)nc2c1c(C)nn2C. The molecule has 2 rings (SSSR count). The molecule has 126 valence electrons. The third kappa shape index (κ3) is 3.52. The topological polar surface area (TPSA) is 63.1 Å². The monoisotopic (exact) mass is 317 g/mol. The van der Waals surface area contributed by atoms with E-state index < -0.39 is 0 Å². The highest BCUT2D eigenvalue weighted by molar-refractivity contribution is 6.06. The van der Waals surface area contributed by atoms with E-state index in [0.717, 1.165) is 35.5 Å². The van der Waals surface area contributed by atoms with E-state index >= 15 is 0 Å². The number of amides is 1. The Balaban J connectivity index is 2.25. The minimum absolute atomic E-state index is 0.0596. The Morgan fingerprint density at radius 3 is 2.61 bits per heavy atom. The number of nitrogens with zero attached hydrogens (tertiary/aromatic N) is 4. The molecule has 23 heavy (non-hydrogen) atoms. The van der Waals surface area contributed by atoms with Gasteiger partial charge in [-0.2, -0.15) is 5.10 Å². The highest BCUT2D eigenvalue weighted by Gasteiger charge is 2.18. The number of hydrogen-bond acceptors (Lipinski definition) is 4. The summed E-state index contributed by atoms with van der Waals surface area (Å²) in [5.74, 6) is -0.0596. The van der Waals surface area contributed by atoms with E-state index in [1.54, 1.807) is 4.68 Å². The van der Waals surface area contributed by atoms with Crippen LogP contribution in [0.5, 0.6) is 0 Å². The molecule has 1 N–H and O–H groups in total. The summed E-state index contributed by atoms with van der Waals surface area (Å²) in [4.78, 5) is 19.5. The Kier molecular flexibility index (Phi) is 5.36. The van der Waals surface area contributed by atoms with Crippen molar-refractivity contribution in [2.45, 2.75) is 40.7 Å². The van der Waals surface area contributed by atoms with Gasteiger partial charge in [0.05, 0.1) is 16.6 Å². The number of hydrogen-bond donors (Lipinski definition) is 1. The molecule has 0 aromatic carbocycles. The molecule has 0 radical (unpaired) electrons. The second kappa shape index (κ2) is 7.08. The number of aryl methyl sites for hydroxylation is 3. The fourth-order valence-electron chi connectivity index (χ4n) is 3.06. The van der Waals surface area contributed by atoms with Crippen molar-refractivity contribution in [3.05, 3.63) is 23.0 Å². The number of carbonyl (C=O) groups is 1. The normalized spacial score (nSPS) is 12.8. The maximum Gasteiger partial charge on any atom is 0.252 e. The van der Waals surface area contributed by atoms with E-state index in [9.17, 15) is 4.79 Å². The Labute approximate surface area is 137 Å². The summed E-state index contributed by atoms with van der Waals surface area (Å²) in [5.41, 5.74) is 3.06. The first-order valence-electron chi connectivity index (χ1n) is 8.22. The van der Waals surface area contributed by atoms with Crippen LogP contribution in [0.2, 0.25) is 0 Å². The van der Waals surface area contributed by atoms with Crippen LogP contribution in [0.25, 0.3) is 11.0 Å². The molecule has 0 saturated heterocycles. The molecule has 6 heteroatoms. The van der Waals surface area contributed by atoms with E-state index in [-0.39, 0.29) is 5.91 Å². The van der Waals surface area contributed by atoms with Crippen LogP contribution in [0, 0.1) is 13.8 Å². The second-order valence-electron chi connectivity index (χ2n) is 6.00. The minimum atomic E-state index is -0.0596. The van der Waals surface area contributed by atoms with Gasteiger partial charge in [0, 0.05) is 25.3 Å². The summed E-state index contributed by atoms with van der Waals surface area (Å²) >= 11 is 0. The summed E-state index contributed by atoms with van der Waals surface area (Å²) in [6.07, 6.45) is 0. The lowest BCUT2D eigenvalue weighted by Crippen LogP contribution is -2.42. The Bertz CT molecular complexity index is 703. The smallest absolute Gasteiger partial charge is 0.252 e. The molecule has 0 aliphatic carbocycles. The van der Waals surface area contributed by atoms with Crippen LogP contribution in [-0.2, 0) is 7.05 Å². The molecule has 0 aliphatic rings. The number of fused-ring (bicyclic) bond motifs is 1. The van der Waals surface area contributed by atoms with Gasteiger partial charge in [0.25, 0.3) is 5.91 Å². The van der Waals surface area contributed by atoms with Gasteiger partial charge in [-0.25, -0.2) is 4.98 Å². The van der Waals surface area contributed by atoms with E-state index in [1.807, 2.05) is 27.0 Å². The minimum Gasteiger partial charge on any atom is -0.350 e. The maximum absolute atomic E-state index is 12.7. The van der Waals surface area contributed by atoms with E-state index in [1.165, 1.54) is 0 Å². The number of aromatic nitrogens is 3. The number of nitrogens with one attached hydrogen (secondary N) is 1. The molecular weight excluding hydrogens is 290 g/mol. The first-order valence-corrected chi connectivity index (χ1v) is 8.22. The highest BCUT2D eigenvalue weighted by Crippen LogP contribution is 2.21. The van der Waals surface area contributed by atoms with Crippen molar-refractivity contribution in [1.29, 1.82) is 0 Å². The van der Waals surface area contributed by atoms with Gasteiger partial charge in [-0.1, -0.05) is 13.8 Å². The molecule has 0 fully saturated rings. The van der Waals surface area contributed by atoms with Crippen molar-refractivity contribution in [1.82, 2.24) is 25.0 Å². The molecule has 0 aliphatic heterocycles. The Morgan fingerprint density at radius 2 is 2.00 bits per heavy atom. The standard InChI is InChI=1S/C17H27N5O/c1-7-22(8-2)12(4)10-18-17(23)14-9-11(3)19-16-15(14)13(5)20-21(16)6/h9,12H,7-8,10H2,1-6H3,(H,18,23)/t12-/m1/s1. The Hall–Kier alpha value is -1.95.